The monoisotopic (exact) mass is 480 g/mol. The van der Waals surface area contributed by atoms with Crippen molar-refractivity contribution in [2.45, 2.75) is 0 Å². The molecule has 0 aliphatic carbocycles. The highest BCUT2D eigenvalue weighted by atomic mass is 35.5. The van der Waals surface area contributed by atoms with Crippen LogP contribution in [0.3, 0.4) is 0 Å². The zero-order chi connectivity index (χ0) is 20.9. The number of rotatable bonds is 8. The van der Waals surface area contributed by atoms with Crippen LogP contribution in [0.15, 0.2) is 36.4 Å². The molecule has 160 valence electrons. The Bertz CT molecular complexity index is 844. The minimum atomic E-state index is -0.377. The van der Waals surface area contributed by atoms with Crippen molar-refractivity contribution in [1.82, 2.24) is 4.90 Å². The first-order chi connectivity index (χ1) is 13.1. The smallest absolute Gasteiger partial charge is 0.367 e. The second-order valence-electron chi connectivity index (χ2n) is 7.36. The molecular weight excluding hydrogens is 458 g/mol. The lowest BCUT2D eigenvalue weighted by molar-refractivity contribution is -0.882. The van der Waals surface area contributed by atoms with Crippen molar-refractivity contribution in [1.29, 1.82) is 0 Å². The van der Waals surface area contributed by atoms with E-state index in [0.717, 1.165) is 13.1 Å². The van der Waals surface area contributed by atoms with E-state index in [9.17, 15) is 4.79 Å². The van der Waals surface area contributed by atoms with Gasteiger partial charge in [0.25, 0.3) is 0 Å². The second kappa shape index (κ2) is 11.3. The van der Waals surface area contributed by atoms with Crippen molar-refractivity contribution in [3.63, 3.8) is 0 Å². The number of ether oxygens (including phenoxy) is 2. The Morgan fingerprint density at radius 2 is 1.55 bits per heavy atom. The van der Waals surface area contributed by atoms with E-state index in [1.165, 1.54) is 0 Å². The summed E-state index contributed by atoms with van der Waals surface area (Å²) in [5.41, 5.74) is 0. The number of halogens is 4. The third-order valence-electron chi connectivity index (χ3n) is 3.95. The Kier molecular flexibility index (Phi) is 10.0. The fourth-order valence-electron chi connectivity index (χ4n) is 2.38. The fraction of sp³-hybridized carbons (Fsp3) is 0.350. The molecular formula is C20H24Cl4N2O3. The minimum absolute atomic E-state index is 0. The highest BCUT2D eigenvalue weighted by Gasteiger charge is 2.23. The lowest BCUT2D eigenvalue weighted by Crippen LogP contribution is -3.00. The molecule has 0 aromatic heterocycles. The van der Waals surface area contributed by atoms with E-state index in [-0.39, 0.29) is 30.7 Å². The third-order valence-corrected chi connectivity index (χ3v) is 4.72. The van der Waals surface area contributed by atoms with Crippen LogP contribution in [-0.4, -0.2) is 63.2 Å². The van der Waals surface area contributed by atoms with E-state index in [0.29, 0.717) is 31.0 Å². The van der Waals surface area contributed by atoms with Crippen LogP contribution in [0.1, 0.15) is 0 Å². The number of likely N-dealkylation sites (N-methyl/N-ethyl adjacent to an activating group) is 2. The van der Waals surface area contributed by atoms with Crippen molar-refractivity contribution in [2.24, 2.45) is 0 Å². The molecule has 2 rings (SSSR count). The van der Waals surface area contributed by atoms with Gasteiger partial charge in [0.2, 0.25) is 0 Å². The van der Waals surface area contributed by atoms with Gasteiger partial charge in [-0.2, -0.15) is 0 Å². The summed E-state index contributed by atoms with van der Waals surface area (Å²) in [6, 6.07) is 9.70. The summed E-state index contributed by atoms with van der Waals surface area (Å²) in [5, 5.41) is 1.28. The summed E-state index contributed by atoms with van der Waals surface area (Å²) >= 11 is 18.2. The van der Waals surface area contributed by atoms with Gasteiger partial charge in [0, 0.05) is 22.7 Å². The Balaban J connectivity index is 0.00000420. The molecule has 5 nitrogen and oxygen atoms in total. The lowest BCUT2D eigenvalue weighted by Gasteiger charge is -2.29. The number of hydrogen-bond acceptors (Lipinski definition) is 4. The van der Waals surface area contributed by atoms with E-state index in [4.69, 9.17) is 44.3 Å². The summed E-state index contributed by atoms with van der Waals surface area (Å²) in [6.45, 7) is 1.88. The van der Waals surface area contributed by atoms with Crippen LogP contribution in [0.4, 0.5) is 0 Å². The van der Waals surface area contributed by atoms with Crippen molar-refractivity contribution < 1.29 is 31.2 Å². The zero-order valence-electron chi connectivity index (χ0n) is 16.7. The molecule has 0 saturated heterocycles. The number of carbonyl (C=O) groups excluding carboxylic acids is 1. The van der Waals surface area contributed by atoms with Gasteiger partial charge in [0.15, 0.2) is 18.0 Å². The van der Waals surface area contributed by atoms with Crippen molar-refractivity contribution in [2.75, 3.05) is 47.8 Å². The predicted molar refractivity (Wildman–Crippen MR) is 114 cm³/mol. The average molecular weight is 482 g/mol. The number of esters is 1. The summed E-state index contributed by atoms with van der Waals surface area (Å²) in [4.78, 5) is 14.6. The number of benzene rings is 2. The van der Waals surface area contributed by atoms with Crippen molar-refractivity contribution in [3.8, 4) is 17.2 Å². The Morgan fingerprint density at radius 1 is 0.966 bits per heavy atom. The third kappa shape index (κ3) is 8.59. The summed E-state index contributed by atoms with van der Waals surface area (Å²) in [5.74, 6) is 0.586. The van der Waals surface area contributed by atoms with E-state index in [1.54, 1.807) is 36.4 Å². The molecule has 2 aromatic rings. The Labute approximate surface area is 193 Å². The van der Waals surface area contributed by atoms with Crippen molar-refractivity contribution >= 4 is 40.8 Å². The molecule has 0 bridgehead atoms. The highest BCUT2D eigenvalue weighted by Crippen LogP contribution is 2.37. The van der Waals surface area contributed by atoms with E-state index >= 15 is 0 Å². The first-order valence-corrected chi connectivity index (χ1v) is 9.79. The SMILES string of the molecule is CN(C)CC[N+](C)(C)CC(=O)Oc1cc(Cl)ccc1Oc1ccc(Cl)cc1Cl.[Cl-]. The van der Waals surface area contributed by atoms with Crippen LogP contribution in [0.2, 0.25) is 15.1 Å². The molecule has 0 aliphatic rings. The first kappa shape index (κ1) is 25.8. The van der Waals surface area contributed by atoms with Gasteiger partial charge in [-0.25, -0.2) is 4.79 Å². The van der Waals surface area contributed by atoms with Gasteiger partial charge in [-0.1, -0.05) is 34.8 Å². The molecule has 0 N–H and O–H groups in total. The summed E-state index contributed by atoms with van der Waals surface area (Å²) < 4.78 is 11.9. The normalized spacial score (nSPS) is 11.2. The molecule has 0 spiro atoms. The summed E-state index contributed by atoms with van der Waals surface area (Å²) in [6.07, 6.45) is 0. The van der Waals surface area contributed by atoms with E-state index < -0.39 is 0 Å². The van der Waals surface area contributed by atoms with Crippen molar-refractivity contribution in [3.05, 3.63) is 51.5 Å². The predicted octanol–water partition coefficient (Wildman–Crippen LogP) is 1.99. The molecule has 29 heavy (non-hydrogen) atoms. The average Bonchev–Trinajstić information content (AvgIpc) is 2.57. The molecule has 0 saturated carbocycles. The van der Waals surface area contributed by atoms with Crippen LogP contribution < -0.4 is 21.9 Å². The van der Waals surface area contributed by atoms with Crippen LogP contribution in [-0.2, 0) is 4.79 Å². The topological polar surface area (TPSA) is 38.8 Å². The van der Waals surface area contributed by atoms with Gasteiger partial charge in [0.1, 0.15) is 5.75 Å². The van der Waals surface area contributed by atoms with Gasteiger partial charge in [0.05, 0.1) is 25.7 Å². The van der Waals surface area contributed by atoms with Crippen LogP contribution in [0.25, 0.3) is 0 Å². The van der Waals surface area contributed by atoms with Crippen LogP contribution in [0.5, 0.6) is 17.2 Å². The highest BCUT2D eigenvalue weighted by molar-refractivity contribution is 6.35. The van der Waals surface area contributed by atoms with E-state index in [2.05, 4.69) is 4.90 Å². The quantitative estimate of drug-likeness (QED) is 0.328. The summed E-state index contributed by atoms with van der Waals surface area (Å²) in [7, 11) is 7.95. The number of nitrogens with zero attached hydrogens (tertiary/aromatic N) is 2. The molecule has 0 amide bonds. The molecule has 0 atom stereocenters. The molecule has 0 radical (unpaired) electrons. The van der Waals surface area contributed by atoms with Gasteiger partial charge < -0.3 is 31.3 Å². The van der Waals surface area contributed by atoms with Gasteiger partial charge in [-0.3, -0.25) is 0 Å². The Hall–Kier alpha value is -1.21. The number of hydrogen-bond donors (Lipinski definition) is 0. The number of quaternary nitrogens is 1. The maximum absolute atomic E-state index is 12.5. The van der Waals surface area contributed by atoms with E-state index in [1.807, 2.05) is 28.2 Å². The molecule has 0 aliphatic heterocycles. The van der Waals surface area contributed by atoms with Gasteiger partial charge in [-0.05, 0) is 44.4 Å². The maximum atomic E-state index is 12.5. The van der Waals surface area contributed by atoms with Crippen LogP contribution >= 0.6 is 34.8 Å². The molecule has 0 heterocycles. The van der Waals surface area contributed by atoms with Gasteiger partial charge in [-0.15, -0.1) is 0 Å². The largest absolute Gasteiger partial charge is 1.00 e. The van der Waals surface area contributed by atoms with Crippen LogP contribution in [0, 0.1) is 0 Å². The standard InChI is InChI=1S/C20H24Cl3N2O3.ClH/c1-24(2)9-10-25(3,4)13-20(26)28-19-12-15(22)6-8-18(19)27-17-7-5-14(21)11-16(17)23;/h5-8,11-12H,9-10,13H2,1-4H3;1H/q+1;/p-1. The Morgan fingerprint density at radius 3 is 2.14 bits per heavy atom. The molecule has 0 fully saturated rings. The zero-order valence-corrected chi connectivity index (χ0v) is 19.7. The molecule has 2 aromatic carbocycles. The fourth-order valence-corrected chi connectivity index (χ4v) is 2.99. The minimum Gasteiger partial charge on any atom is -1.00 e. The number of carbonyl (C=O) groups is 1. The van der Waals surface area contributed by atoms with Gasteiger partial charge >= 0.3 is 5.97 Å². The molecule has 0 unspecified atom stereocenters. The molecule has 9 heteroatoms. The second-order valence-corrected chi connectivity index (χ2v) is 8.64. The maximum Gasteiger partial charge on any atom is 0.367 e. The lowest BCUT2D eigenvalue weighted by atomic mass is 10.3. The first-order valence-electron chi connectivity index (χ1n) is 8.65.